The number of anilines is 2. The number of halogens is 1. The summed E-state index contributed by atoms with van der Waals surface area (Å²) >= 11 is 0. The zero-order valence-electron chi connectivity index (χ0n) is 13.0. The summed E-state index contributed by atoms with van der Waals surface area (Å²) in [6.45, 7) is 8.16. The molecule has 22 heavy (non-hydrogen) atoms. The van der Waals surface area contributed by atoms with Gasteiger partial charge in [0.1, 0.15) is 6.33 Å². The van der Waals surface area contributed by atoms with Gasteiger partial charge in [0.05, 0.1) is 6.20 Å². The van der Waals surface area contributed by atoms with E-state index in [2.05, 4.69) is 37.0 Å². The van der Waals surface area contributed by atoms with Crippen molar-refractivity contribution in [1.29, 1.82) is 0 Å². The molecule has 0 radical (unpaired) electrons. The molecule has 1 aromatic heterocycles. The second-order valence-corrected chi connectivity index (χ2v) is 5.26. The van der Waals surface area contributed by atoms with Crippen molar-refractivity contribution in [2.24, 2.45) is 0 Å². The van der Waals surface area contributed by atoms with E-state index < -0.39 is 5.82 Å². The number of hydrogen-bond donors (Lipinski definition) is 2. The highest BCUT2D eigenvalue weighted by Crippen LogP contribution is 2.16. The maximum Gasteiger partial charge on any atom is 0.228 e. The van der Waals surface area contributed by atoms with Crippen LogP contribution in [0.25, 0.3) is 0 Å². The number of nitrogens with one attached hydrogen (secondary N) is 2. The number of piperidine rings is 1. The van der Waals surface area contributed by atoms with Gasteiger partial charge in [-0.05, 0) is 25.7 Å². The van der Waals surface area contributed by atoms with Crippen LogP contribution in [0.3, 0.4) is 0 Å². The molecule has 0 bridgehead atoms. The Bertz CT molecular complexity index is 549. The van der Waals surface area contributed by atoms with Crippen LogP contribution >= 0.6 is 0 Å². The molecule has 0 unspecified atom stereocenters. The molecule has 0 atom stereocenters. The summed E-state index contributed by atoms with van der Waals surface area (Å²) in [5, 5.41) is 9.30. The Hall–Kier alpha value is -2.18. The lowest BCUT2D eigenvalue weighted by atomic mass is 10.1. The smallest absolute Gasteiger partial charge is 0.228 e. The molecule has 120 valence electrons. The van der Waals surface area contributed by atoms with Crippen LogP contribution in [0, 0.1) is 5.82 Å². The van der Waals surface area contributed by atoms with Gasteiger partial charge in [0, 0.05) is 19.6 Å². The Kier molecular flexibility index (Phi) is 6.12. The first-order valence-electron chi connectivity index (χ1n) is 7.65. The van der Waals surface area contributed by atoms with Crippen molar-refractivity contribution in [3.05, 3.63) is 30.5 Å². The lowest BCUT2D eigenvalue weighted by Crippen LogP contribution is -2.30. The van der Waals surface area contributed by atoms with Crippen LogP contribution in [0.15, 0.2) is 24.7 Å². The third-order valence-electron chi connectivity index (χ3n) is 3.57. The molecule has 0 aromatic carbocycles. The highest BCUT2D eigenvalue weighted by molar-refractivity contribution is 5.41. The van der Waals surface area contributed by atoms with Crippen molar-refractivity contribution < 1.29 is 4.39 Å². The molecule has 2 rings (SSSR count). The first kappa shape index (κ1) is 16.2. The SMILES string of the molecule is C=C(CC)CNc1nc(N2CCCCC2)nc[nH]ncc1F. The summed E-state index contributed by atoms with van der Waals surface area (Å²) in [5.74, 6) is 0.105. The minimum atomic E-state index is -0.531. The van der Waals surface area contributed by atoms with E-state index in [1.54, 1.807) is 0 Å². The third-order valence-corrected chi connectivity index (χ3v) is 3.57. The Morgan fingerprint density at radius 3 is 2.91 bits per heavy atom. The fraction of sp³-hybridized carbons (Fsp3) is 0.533. The van der Waals surface area contributed by atoms with Crippen molar-refractivity contribution in [3.8, 4) is 0 Å². The number of H-pyrrole nitrogens is 1. The first-order valence-corrected chi connectivity index (χ1v) is 7.65. The molecule has 1 saturated heterocycles. The van der Waals surface area contributed by atoms with Gasteiger partial charge in [0.15, 0.2) is 11.6 Å². The van der Waals surface area contributed by atoms with Crippen LogP contribution < -0.4 is 10.2 Å². The van der Waals surface area contributed by atoms with E-state index in [4.69, 9.17) is 0 Å². The Morgan fingerprint density at radius 1 is 1.41 bits per heavy atom. The van der Waals surface area contributed by atoms with Crippen molar-refractivity contribution in [2.75, 3.05) is 29.9 Å². The minimum Gasteiger partial charge on any atom is -0.364 e. The summed E-state index contributed by atoms with van der Waals surface area (Å²) < 4.78 is 14.2. The van der Waals surface area contributed by atoms with E-state index in [0.717, 1.165) is 44.1 Å². The first-order chi connectivity index (χ1) is 10.7. The molecule has 2 N–H and O–H groups in total. The predicted molar refractivity (Wildman–Crippen MR) is 85.7 cm³/mol. The van der Waals surface area contributed by atoms with Crippen molar-refractivity contribution in [2.45, 2.75) is 32.6 Å². The predicted octanol–water partition coefficient (Wildman–Crippen LogP) is 2.83. The summed E-state index contributed by atoms with van der Waals surface area (Å²) in [4.78, 5) is 10.7. The molecule has 1 aliphatic rings. The van der Waals surface area contributed by atoms with Gasteiger partial charge in [-0.1, -0.05) is 19.1 Å². The molecular formula is C15H23FN6. The van der Waals surface area contributed by atoms with Gasteiger partial charge in [-0.25, -0.2) is 9.37 Å². The second-order valence-electron chi connectivity index (χ2n) is 5.26. The topological polar surface area (TPSA) is 69.7 Å². The average Bonchev–Trinajstić information content (AvgIpc) is 2.64. The van der Waals surface area contributed by atoms with Crippen molar-refractivity contribution in [1.82, 2.24) is 20.2 Å². The molecule has 6 nitrogen and oxygen atoms in total. The van der Waals surface area contributed by atoms with Gasteiger partial charge in [0.25, 0.3) is 0 Å². The van der Waals surface area contributed by atoms with Gasteiger partial charge < -0.3 is 10.2 Å². The molecule has 0 saturated carbocycles. The van der Waals surface area contributed by atoms with Gasteiger partial charge in [-0.15, -0.1) is 0 Å². The van der Waals surface area contributed by atoms with Crippen molar-refractivity contribution in [3.63, 3.8) is 0 Å². The normalized spacial score (nSPS) is 14.4. The van der Waals surface area contributed by atoms with E-state index in [1.807, 2.05) is 6.92 Å². The average molecular weight is 306 g/mol. The molecule has 1 fully saturated rings. The summed E-state index contributed by atoms with van der Waals surface area (Å²) in [5.41, 5.74) is 0.980. The second kappa shape index (κ2) is 8.31. The Morgan fingerprint density at radius 2 is 2.18 bits per heavy atom. The zero-order valence-corrected chi connectivity index (χ0v) is 13.0. The quantitative estimate of drug-likeness (QED) is 0.819. The molecule has 0 spiro atoms. The van der Waals surface area contributed by atoms with E-state index in [-0.39, 0.29) is 5.82 Å². The summed E-state index contributed by atoms with van der Waals surface area (Å²) in [6, 6.07) is 0. The van der Waals surface area contributed by atoms with Crippen LogP contribution in [0.1, 0.15) is 32.6 Å². The monoisotopic (exact) mass is 306 g/mol. The lowest BCUT2D eigenvalue weighted by molar-refractivity contribution is 0.567. The van der Waals surface area contributed by atoms with E-state index in [1.165, 1.54) is 12.7 Å². The lowest BCUT2D eigenvalue weighted by Gasteiger charge is -2.26. The fourth-order valence-corrected chi connectivity index (χ4v) is 2.16. The number of nitrogens with zero attached hydrogens (tertiary/aromatic N) is 4. The van der Waals surface area contributed by atoms with E-state index >= 15 is 0 Å². The standard InChI is InChI=1S/C15H23FN6/c1-3-12(2)9-17-14-13(16)10-19-20-11-18-15(21-14)22-7-5-4-6-8-22/h10-11,17H,2-9H2,1H3,(H,18,20,21). The van der Waals surface area contributed by atoms with Gasteiger partial charge in [0.2, 0.25) is 5.95 Å². The molecule has 1 aromatic rings. The van der Waals surface area contributed by atoms with Crippen LogP contribution in [-0.4, -0.2) is 39.8 Å². The van der Waals surface area contributed by atoms with E-state index in [0.29, 0.717) is 12.5 Å². The molecular weight excluding hydrogens is 283 g/mol. The maximum atomic E-state index is 14.2. The number of aromatic nitrogens is 4. The van der Waals surface area contributed by atoms with Gasteiger partial charge in [-0.2, -0.15) is 10.1 Å². The molecule has 0 aliphatic carbocycles. The molecule has 0 amide bonds. The maximum absolute atomic E-state index is 14.2. The largest absolute Gasteiger partial charge is 0.364 e. The minimum absolute atomic E-state index is 0.139. The highest BCUT2D eigenvalue weighted by Gasteiger charge is 2.14. The molecule has 2 heterocycles. The van der Waals surface area contributed by atoms with Crippen LogP contribution in [-0.2, 0) is 0 Å². The summed E-state index contributed by atoms with van der Waals surface area (Å²) in [7, 11) is 0. The number of aromatic amines is 1. The van der Waals surface area contributed by atoms with Gasteiger partial charge >= 0.3 is 0 Å². The van der Waals surface area contributed by atoms with Crippen molar-refractivity contribution >= 4 is 11.8 Å². The number of hydrogen-bond acceptors (Lipinski definition) is 5. The van der Waals surface area contributed by atoms with Crippen LogP contribution in [0.2, 0.25) is 0 Å². The molecule has 1 aliphatic heterocycles. The Balaban J connectivity index is 2.32. The summed E-state index contributed by atoms with van der Waals surface area (Å²) in [6.07, 6.45) is 6.75. The zero-order chi connectivity index (χ0) is 15.8. The highest BCUT2D eigenvalue weighted by atomic mass is 19.1. The number of rotatable bonds is 5. The van der Waals surface area contributed by atoms with Gasteiger partial charge in [-0.3, -0.25) is 5.10 Å². The van der Waals surface area contributed by atoms with Crippen LogP contribution in [0.4, 0.5) is 16.2 Å². The third kappa shape index (κ3) is 4.68. The van der Waals surface area contributed by atoms with E-state index in [9.17, 15) is 4.39 Å². The molecule has 7 heteroatoms. The fourth-order valence-electron chi connectivity index (χ4n) is 2.16. The Labute approximate surface area is 130 Å². The van der Waals surface area contributed by atoms with Crippen LogP contribution in [0.5, 0.6) is 0 Å².